The third kappa shape index (κ3) is 2.18. The molecular formula is C16H13F2NO. The van der Waals surface area contributed by atoms with E-state index in [1.165, 1.54) is 23.3 Å². The van der Waals surface area contributed by atoms with Crippen molar-refractivity contribution in [3.05, 3.63) is 70.8 Å². The maximum absolute atomic E-state index is 13.5. The Labute approximate surface area is 115 Å². The van der Waals surface area contributed by atoms with Gasteiger partial charge in [-0.1, -0.05) is 30.3 Å². The fraction of sp³-hybridized carbons (Fsp3) is 0.188. The molecule has 2 aromatic carbocycles. The quantitative estimate of drug-likeness (QED) is 0.915. The number of rotatable bonds is 3. The minimum absolute atomic E-state index is 0.252. The molecule has 102 valence electrons. The molecule has 3 rings (SSSR count). The van der Waals surface area contributed by atoms with Crippen LogP contribution in [0.25, 0.3) is 0 Å². The van der Waals surface area contributed by atoms with Gasteiger partial charge in [0.1, 0.15) is 0 Å². The minimum Gasteiger partial charge on any atom is -0.351 e. The molecule has 1 aliphatic carbocycles. The zero-order valence-electron chi connectivity index (χ0n) is 10.7. The lowest BCUT2D eigenvalue weighted by atomic mass is 9.77. The zero-order valence-corrected chi connectivity index (χ0v) is 10.7. The molecule has 0 heterocycles. The van der Waals surface area contributed by atoms with Gasteiger partial charge in [-0.3, -0.25) is 4.79 Å². The van der Waals surface area contributed by atoms with E-state index < -0.39 is 17.5 Å². The van der Waals surface area contributed by atoms with Gasteiger partial charge in [-0.15, -0.1) is 0 Å². The first-order chi connectivity index (χ1) is 9.66. The van der Waals surface area contributed by atoms with Gasteiger partial charge in [0, 0.05) is 12.5 Å². The van der Waals surface area contributed by atoms with E-state index in [1.807, 2.05) is 18.2 Å². The molecule has 4 heteroatoms. The van der Waals surface area contributed by atoms with Gasteiger partial charge >= 0.3 is 0 Å². The Balaban J connectivity index is 1.65. The molecule has 0 saturated carbocycles. The highest BCUT2D eigenvalue weighted by atomic mass is 19.2. The Morgan fingerprint density at radius 3 is 2.75 bits per heavy atom. The van der Waals surface area contributed by atoms with Crippen LogP contribution < -0.4 is 5.32 Å². The summed E-state index contributed by atoms with van der Waals surface area (Å²) in [5.74, 6) is -2.43. The molecule has 0 bridgehead atoms. The molecule has 0 aromatic heterocycles. The first-order valence-electron chi connectivity index (χ1n) is 6.47. The number of nitrogens with one attached hydrogen (secondary N) is 1. The molecule has 0 fully saturated rings. The smallest absolute Gasteiger partial charge is 0.254 e. The molecule has 20 heavy (non-hydrogen) atoms. The molecule has 1 unspecified atom stereocenters. The SMILES string of the molecule is O=C(NCC1Cc2ccccc21)c1cccc(F)c1F. The van der Waals surface area contributed by atoms with Crippen LogP contribution in [0.5, 0.6) is 0 Å². The number of carbonyl (C=O) groups is 1. The number of amides is 1. The van der Waals surface area contributed by atoms with E-state index in [2.05, 4.69) is 11.4 Å². The fourth-order valence-corrected chi connectivity index (χ4v) is 2.54. The maximum Gasteiger partial charge on any atom is 0.254 e. The highest BCUT2D eigenvalue weighted by molar-refractivity contribution is 5.94. The van der Waals surface area contributed by atoms with E-state index in [0.29, 0.717) is 6.54 Å². The summed E-state index contributed by atoms with van der Waals surface area (Å²) in [7, 11) is 0. The van der Waals surface area contributed by atoms with E-state index >= 15 is 0 Å². The molecule has 1 aliphatic rings. The molecule has 0 spiro atoms. The minimum atomic E-state index is -1.10. The maximum atomic E-state index is 13.5. The van der Waals surface area contributed by atoms with Gasteiger partial charge in [0.15, 0.2) is 11.6 Å². The highest BCUT2D eigenvalue weighted by Crippen LogP contribution is 2.34. The third-order valence-electron chi connectivity index (χ3n) is 3.67. The van der Waals surface area contributed by atoms with Crippen molar-refractivity contribution >= 4 is 5.91 Å². The van der Waals surface area contributed by atoms with E-state index in [9.17, 15) is 13.6 Å². The number of fused-ring (bicyclic) bond motifs is 1. The number of benzene rings is 2. The van der Waals surface area contributed by atoms with Gasteiger partial charge in [0.05, 0.1) is 5.56 Å². The average molecular weight is 273 g/mol. The van der Waals surface area contributed by atoms with Crippen LogP contribution in [0.3, 0.4) is 0 Å². The van der Waals surface area contributed by atoms with Crippen LogP contribution in [-0.4, -0.2) is 12.5 Å². The molecule has 1 N–H and O–H groups in total. The van der Waals surface area contributed by atoms with Crippen molar-refractivity contribution in [3.8, 4) is 0 Å². The van der Waals surface area contributed by atoms with Crippen molar-refractivity contribution in [1.82, 2.24) is 5.32 Å². The van der Waals surface area contributed by atoms with Crippen molar-refractivity contribution in [2.45, 2.75) is 12.3 Å². The Morgan fingerprint density at radius 1 is 1.15 bits per heavy atom. The Hall–Kier alpha value is -2.23. The largest absolute Gasteiger partial charge is 0.351 e. The topological polar surface area (TPSA) is 29.1 Å². The molecule has 0 radical (unpaired) electrons. The van der Waals surface area contributed by atoms with Crippen LogP contribution in [0.15, 0.2) is 42.5 Å². The van der Waals surface area contributed by atoms with Gasteiger partial charge in [-0.2, -0.15) is 0 Å². The predicted octanol–water partition coefficient (Wildman–Crippen LogP) is 3.03. The van der Waals surface area contributed by atoms with Crippen LogP contribution in [0.1, 0.15) is 27.4 Å². The summed E-state index contributed by atoms with van der Waals surface area (Å²) in [6, 6.07) is 11.6. The Morgan fingerprint density at radius 2 is 1.95 bits per heavy atom. The van der Waals surface area contributed by atoms with Crippen molar-refractivity contribution in [2.75, 3.05) is 6.54 Å². The summed E-state index contributed by atoms with van der Waals surface area (Å²) < 4.78 is 26.5. The zero-order chi connectivity index (χ0) is 14.1. The van der Waals surface area contributed by atoms with Crippen LogP contribution in [0, 0.1) is 11.6 Å². The monoisotopic (exact) mass is 273 g/mol. The Bertz CT molecular complexity index is 669. The van der Waals surface area contributed by atoms with Crippen molar-refractivity contribution in [2.24, 2.45) is 0 Å². The van der Waals surface area contributed by atoms with Crippen LogP contribution in [0.4, 0.5) is 8.78 Å². The molecule has 0 aliphatic heterocycles. The first-order valence-corrected chi connectivity index (χ1v) is 6.47. The second-order valence-corrected chi connectivity index (χ2v) is 4.91. The van der Waals surface area contributed by atoms with Gasteiger partial charge in [-0.05, 0) is 29.7 Å². The number of halogens is 2. The van der Waals surface area contributed by atoms with E-state index in [1.54, 1.807) is 0 Å². The van der Waals surface area contributed by atoms with Crippen LogP contribution in [0.2, 0.25) is 0 Å². The molecular weight excluding hydrogens is 260 g/mol. The van der Waals surface area contributed by atoms with Gasteiger partial charge in [0.25, 0.3) is 5.91 Å². The van der Waals surface area contributed by atoms with E-state index in [4.69, 9.17) is 0 Å². The standard InChI is InChI=1S/C16H13F2NO/c17-14-7-3-6-13(15(14)18)16(20)19-9-11-8-10-4-1-2-5-12(10)11/h1-7,11H,8-9H2,(H,19,20). The molecule has 0 saturated heterocycles. The van der Waals surface area contributed by atoms with E-state index in [-0.39, 0.29) is 11.5 Å². The summed E-state index contributed by atoms with van der Waals surface area (Å²) in [5.41, 5.74) is 2.24. The summed E-state index contributed by atoms with van der Waals surface area (Å²) in [6.07, 6.45) is 0.905. The van der Waals surface area contributed by atoms with Gasteiger partial charge < -0.3 is 5.32 Å². The third-order valence-corrected chi connectivity index (χ3v) is 3.67. The summed E-state index contributed by atoms with van der Waals surface area (Å²) in [4.78, 5) is 11.9. The highest BCUT2D eigenvalue weighted by Gasteiger charge is 2.26. The lowest BCUT2D eigenvalue weighted by Crippen LogP contribution is -2.33. The van der Waals surface area contributed by atoms with Crippen molar-refractivity contribution < 1.29 is 13.6 Å². The molecule has 2 aromatic rings. The number of hydrogen-bond donors (Lipinski definition) is 1. The molecule has 1 amide bonds. The second kappa shape index (κ2) is 5.04. The van der Waals surface area contributed by atoms with Crippen LogP contribution in [-0.2, 0) is 6.42 Å². The summed E-state index contributed by atoms with van der Waals surface area (Å²) in [6.45, 7) is 0.436. The normalized spacial score (nSPS) is 16.2. The average Bonchev–Trinajstić information content (AvgIpc) is 2.42. The van der Waals surface area contributed by atoms with Gasteiger partial charge in [-0.25, -0.2) is 8.78 Å². The summed E-state index contributed by atoms with van der Waals surface area (Å²) in [5, 5.41) is 2.66. The van der Waals surface area contributed by atoms with E-state index in [0.717, 1.165) is 12.5 Å². The Kier molecular flexibility index (Phi) is 3.22. The van der Waals surface area contributed by atoms with Crippen molar-refractivity contribution in [1.29, 1.82) is 0 Å². The van der Waals surface area contributed by atoms with Crippen LogP contribution >= 0.6 is 0 Å². The molecule has 2 nitrogen and oxygen atoms in total. The summed E-state index contributed by atoms with van der Waals surface area (Å²) >= 11 is 0. The fourth-order valence-electron chi connectivity index (χ4n) is 2.54. The molecule has 1 atom stereocenters. The lowest BCUT2D eigenvalue weighted by Gasteiger charge is -2.30. The first kappa shape index (κ1) is 12.8. The van der Waals surface area contributed by atoms with Gasteiger partial charge in [0.2, 0.25) is 0 Å². The van der Waals surface area contributed by atoms with Crippen molar-refractivity contribution in [3.63, 3.8) is 0 Å². The number of hydrogen-bond acceptors (Lipinski definition) is 1. The predicted molar refractivity (Wildman–Crippen MR) is 71.6 cm³/mol. The lowest BCUT2D eigenvalue weighted by molar-refractivity contribution is 0.0945. The number of carbonyl (C=O) groups excluding carboxylic acids is 1. The second-order valence-electron chi connectivity index (χ2n) is 4.91.